The summed E-state index contributed by atoms with van der Waals surface area (Å²) in [6.45, 7) is 8.77. The summed E-state index contributed by atoms with van der Waals surface area (Å²) in [7, 11) is 0. The highest BCUT2D eigenvalue weighted by molar-refractivity contribution is 5.00. The first kappa shape index (κ1) is 10.4. The van der Waals surface area contributed by atoms with Crippen LogP contribution < -0.4 is 5.73 Å². The van der Waals surface area contributed by atoms with Crippen LogP contribution in [0, 0.1) is 5.41 Å². The highest BCUT2D eigenvalue weighted by Crippen LogP contribution is 2.40. The monoisotopic (exact) mass is 198 g/mol. The molecular weight excluding hydrogens is 176 g/mol. The molecule has 1 spiro atoms. The molecule has 14 heavy (non-hydrogen) atoms. The molecule has 2 N–H and O–H groups in total. The molecule has 2 aliphatic rings. The van der Waals surface area contributed by atoms with Crippen LogP contribution in [-0.4, -0.2) is 43.3 Å². The lowest BCUT2D eigenvalue weighted by molar-refractivity contribution is 0.0695. The van der Waals surface area contributed by atoms with Crippen molar-refractivity contribution >= 4 is 0 Å². The van der Waals surface area contributed by atoms with Crippen LogP contribution in [0.3, 0.4) is 0 Å². The van der Waals surface area contributed by atoms with Crippen molar-refractivity contribution in [2.45, 2.75) is 38.8 Å². The number of rotatable bonds is 1. The smallest absolute Gasteiger partial charge is 0.0704 e. The lowest BCUT2D eigenvalue weighted by atomic mass is 9.73. The molecule has 0 aromatic heterocycles. The van der Waals surface area contributed by atoms with E-state index in [1.165, 1.54) is 32.5 Å². The first-order valence-electron chi connectivity index (χ1n) is 5.77. The molecule has 0 aromatic carbocycles. The minimum Gasteiger partial charge on any atom is -0.376 e. The third-order valence-electron chi connectivity index (χ3n) is 4.15. The summed E-state index contributed by atoms with van der Waals surface area (Å²) in [5.74, 6) is 0. The molecule has 0 amide bonds. The number of hydrogen-bond acceptors (Lipinski definition) is 3. The van der Waals surface area contributed by atoms with Crippen LogP contribution in [0.1, 0.15) is 26.7 Å². The van der Waals surface area contributed by atoms with E-state index in [1.807, 2.05) is 0 Å². The summed E-state index contributed by atoms with van der Waals surface area (Å²) in [4.78, 5) is 2.50. The van der Waals surface area contributed by atoms with E-state index in [1.54, 1.807) is 0 Å². The number of piperidine rings is 1. The molecule has 3 nitrogen and oxygen atoms in total. The third-order valence-corrected chi connectivity index (χ3v) is 4.15. The first-order valence-corrected chi connectivity index (χ1v) is 5.77. The summed E-state index contributed by atoms with van der Waals surface area (Å²) in [6.07, 6.45) is 2.68. The normalized spacial score (nSPS) is 37.9. The molecule has 0 bridgehead atoms. The van der Waals surface area contributed by atoms with E-state index in [0.29, 0.717) is 5.41 Å². The van der Waals surface area contributed by atoms with Crippen molar-refractivity contribution in [3.63, 3.8) is 0 Å². The van der Waals surface area contributed by atoms with Crippen molar-refractivity contribution in [3.8, 4) is 0 Å². The molecule has 3 heteroatoms. The number of likely N-dealkylation sites (tertiary alicyclic amines) is 1. The topological polar surface area (TPSA) is 38.5 Å². The standard InChI is InChI=1S/C11H22N2O/c1-3-13-6-4-11(5-7-13)8-14-9(2)10(11)12/h9-10H,3-8,12H2,1-2H3/t9-,10+/m0/s1. The summed E-state index contributed by atoms with van der Waals surface area (Å²) in [5.41, 5.74) is 6.53. The lowest BCUT2D eigenvalue weighted by Gasteiger charge is -2.40. The number of hydrogen-bond donors (Lipinski definition) is 1. The van der Waals surface area contributed by atoms with Crippen molar-refractivity contribution in [2.24, 2.45) is 11.1 Å². The molecule has 2 atom stereocenters. The fourth-order valence-electron chi connectivity index (χ4n) is 2.79. The van der Waals surface area contributed by atoms with Crippen LogP contribution in [0.2, 0.25) is 0 Å². The predicted octanol–water partition coefficient (Wildman–Crippen LogP) is 0.835. The van der Waals surface area contributed by atoms with E-state index in [-0.39, 0.29) is 12.1 Å². The van der Waals surface area contributed by atoms with Gasteiger partial charge in [0.1, 0.15) is 0 Å². The molecule has 0 unspecified atom stereocenters. The molecule has 2 aliphatic heterocycles. The molecule has 0 aromatic rings. The van der Waals surface area contributed by atoms with E-state index in [2.05, 4.69) is 18.7 Å². The van der Waals surface area contributed by atoms with E-state index >= 15 is 0 Å². The fraction of sp³-hybridized carbons (Fsp3) is 1.00. The van der Waals surface area contributed by atoms with E-state index in [4.69, 9.17) is 10.5 Å². The molecule has 2 fully saturated rings. The second-order valence-corrected chi connectivity index (χ2v) is 4.84. The van der Waals surface area contributed by atoms with E-state index < -0.39 is 0 Å². The molecule has 2 rings (SSSR count). The van der Waals surface area contributed by atoms with Gasteiger partial charge in [0.25, 0.3) is 0 Å². The summed E-state index contributed by atoms with van der Waals surface area (Å²) < 4.78 is 5.68. The van der Waals surface area contributed by atoms with Crippen molar-refractivity contribution in [1.29, 1.82) is 0 Å². The van der Waals surface area contributed by atoms with Gasteiger partial charge in [-0.1, -0.05) is 6.92 Å². The van der Waals surface area contributed by atoms with Gasteiger partial charge in [0.05, 0.1) is 12.7 Å². The maximum atomic E-state index is 6.23. The van der Waals surface area contributed by atoms with Gasteiger partial charge in [0.15, 0.2) is 0 Å². The average Bonchev–Trinajstić information content (AvgIpc) is 2.49. The Hall–Kier alpha value is -0.120. The van der Waals surface area contributed by atoms with Crippen LogP contribution in [0.25, 0.3) is 0 Å². The van der Waals surface area contributed by atoms with Gasteiger partial charge in [0.2, 0.25) is 0 Å². The van der Waals surface area contributed by atoms with Gasteiger partial charge < -0.3 is 15.4 Å². The number of nitrogens with zero attached hydrogens (tertiary/aromatic N) is 1. The Labute approximate surface area is 86.6 Å². The highest BCUT2D eigenvalue weighted by atomic mass is 16.5. The Balaban J connectivity index is 1.99. The van der Waals surface area contributed by atoms with Crippen LogP contribution in [-0.2, 0) is 4.74 Å². The van der Waals surface area contributed by atoms with Crippen LogP contribution in [0.4, 0.5) is 0 Å². The van der Waals surface area contributed by atoms with Crippen LogP contribution in [0.5, 0.6) is 0 Å². The van der Waals surface area contributed by atoms with Crippen molar-refractivity contribution in [3.05, 3.63) is 0 Å². The third kappa shape index (κ3) is 1.58. The Morgan fingerprint density at radius 1 is 1.43 bits per heavy atom. The minimum atomic E-state index is 0.251. The molecule has 0 aliphatic carbocycles. The zero-order chi connectivity index (χ0) is 10.2. The SMILES string of the molecule is CCN1CCC2(CC1)CO[C@@H](C)[C@H]2N. The molecule has 0 radical (unpaired) electrons. The molecule has 2 heterocycles. The maximum absolute atomic E-state index is 6.23. The predicted molar refractivity (Wildman–Crippen MR) is 57.2 cm³/mol. The minimum absolute atomic E-state index is 0.251. The fourth-order valence-corrected chi connectivity index (χ4v) is 2.79. The number of nitrogens with two attached hydrogens (primary N) is 1. The van der Waals surface area contributed by atoms with Crippen molar-refractivity contribution in [1.82, 2.24) is 4.90 Å². The Bertz CT molecular complexity index is 199. The maximum Gasteiger partial charge on any atom is 0.0704 e. The quantitative estimate of drug-likeness (QED) is 0.678. The van der Waals surface area contributed by atoms with Gasteiger partial charge >= 0.3 is 0 Å². The second kappa shape index (κ2) is 3.80. The van der Waals surface area contributed by atoms with Crippen LogP contribution >= 0.6 is 0 Å². The average molecular weight is 198 g/mol. The van der Waals surface area contributed by atoms with Gasteiger partial charge in [-0.05, 0) is 39.4 Å². The molecular formula is C11H22N2O. The Morgan fingerprint density at radius 2 is 2.07 bits per heavy atom. The first-order chi connectivity index (χ1) is 6.68. The van der Waals surface area contributed by atoms with E-state index in [9.17, 15) is 0 Å². The second-order valence-electron chi connectivity index (χ2n) is 4.84. The zero-order valence-electron chi connectivity index (χ0n) is 9.33. The summed E-state index contributed by atoms with van der Waals surface area (Å²) >= 11 is 0. The summed E-state index contributed by atoms with van der Waals surface area (Å²) in [5, 5.41) is 0. The van der Waals surface area contributed by atoms with Crippen molar-refractivity contribution < 1.29 is 4.74 Å². The highest BCUT2D eigenvalue weighted by Gasteiger charge is 2.47. The van der Waals surface area contributed by atoms with Gasteiger partial charge in [-0.3, -0.25) is 0 Å². The van der Waals surface area contributed by atoms with Gasteiger partial charge in [-0.15, -0.1) is 0 Å². The van der Waals surface area contributed by atoms with Crippen LogP contribution in [0.15, 0.2) is 0 Å². The summed E-state index contributed by atoms with van der Waals surface area (Å²) in [6, 6.07) is 0.251. The Morgan fingerprint density at radius 3 is 2.50 bits per heavy atom. The zero-order valence-corrected chi connectivity index (χ0v) is 9.33. The van der Waals surface area contributed by atoms with E-state index in [0.717, 1.165) is 6.61 Å². The molecule has 0 saturated carbocycles. The van der Waals surface area contributed by atoms with Gasteiger partial charge in [0, 0.05) is 11.5 Å². The molecule has 82 valence electrons. The number of ether oxygens (including phenoxy) is 1. The van der Waals surface area contributed by atoms with Crippen molar-refractivity contribution in [2.75, 3.05) is 26.2 Å². The van der Waals surface area contributed by atoms with Gasteiger partial charge in [-0.25, -0.2) is 0 Å². The lowest BCUT2D eigenvalue weighted by Crippen LogP contribution is -2.50. The van der Waals surface area contributed by atoms with Gasteiger partial charge in [-0.2, -0.15) is 0 Å². The largest absolute Gasteiger partial charge is 0.376 e. The Kier molecular flexibility index (Phi) is 2.82. The molecule has 2 saturated heterocycles.